The zero-order chi connectivity index (χ0) is 14.1. The van der Waals surface area contributed by atoms with Crippen molar-refractivity contribution < 1.29 is 9.50 Å². The molecular weight excluding hydrogens is 241 g/mol. The average molecular weight is 263 g/mol. The number of benzene rings is 1. The highest BCUT2D eigenvalue weighted by Crippen LogP contribution is 2.13. The molecule has 0 aliphatic rings. The molecule has 1 rings (SSSR count). The Bertz CT molecular complexity index is 448. The normalized spacial score (nSPS) is 10.4. The van der Waals surface area contributed by atoms with E-state index in [0.29, 0.717) is 5.56 Å². The predicted octanol–water partition coefficient (Wildman–Crippen LogP) is 2.79. The number of halogens is 1. The molecule has 0 saturated heterocycles. The monoisotopic (exact) mass is 263 g/mol. The number of aliphatic hydroxyl groups is 1. The molecule has 0 fully saturated rings. The van der Waals surface area contributed by atoms with Crippen LogP contribution in [-0.4, -0.2) is 30.2 Å². The van der Waals surface area contributed by atoms with Crippen LogP contribution in [0.3, 0.4) is 0 Å². The first-order valence-corrected chi connectivity index (χ1v) is 6.74. The summed E-state index contributed by atoms with van der Waals surface area (Å²) in [5, 5.41) is 8.74. The molecule has 0 spiro atoms. The molecule has 0 aliphatic heterocycles. The lowest BCUT2D eigenvalue weighted by Crippen LogP contribution is -2.19. The van der Waals surface area contributed by atoms with Gasteiger partial charge in [0.15, 0.2) is 0 Å². The molecule has 104 valence electrons. The molecule has 0 heterocycles. The van der Waals surface area contributed by atoms with Crippen LogP contribution in [0.25, 0.3) is 0 Å². The Morgan fingerprint density at radius 1 is 1.32 bits per heavy atom. The van der Waals surface area contributed by atoms with Gasteiger partial charge in [0.1, 0.15) is 12.4 Å². The predicted molar refractivity (Wildman–Crippen MR) is 76.2 cm³/mol. The van der Waals surface area contributed by atoms with Gasteiger partial charge in [0.25, 0.3) is 0 Å². The minimum Gasteiger partial charge on any atom is -0.384 e. The molecule has 0 unspecified atom stereocenters. The molecule has 2 nitrogen and oxygen atoms in total. The highest BCUT2D eigenvalue weighted by molar-refractivity contribution is 5.41. The van der Waals surface area contributed by atoms with E-state index in [4.69, 9.17) is 5.11 Å². The number of hydrogen-bond donors (Lipinski definition) is 1. The molecule has 0 atom stereocenters. The number of rotatable bonds is 6. The summed E-state index contributed by atoms with van der Waals surface area (Å²) in [5.41, 5.74) is 1.66. The van der Waals surface area contributed by atoms with Crippen LogP contribution in [-0.2, 0) is 6.54 Å². The molecule has 0 saturated carbocycles. The van der Waals surface area contributed by atoms with Crippen LogP contribution in [0, 0.1) is 17.7 Å². The lowest BCUT2D eigenvalue weighted by Gasteiger charge is -2.17. The first-order chi connectivity index (χ1) is 9.17. The number of nitrogens with zero attached hydrogens (tertiary/aromatic N) is 1. The first-order valence-electron chi connectivity index (χ1n) is 6.74. The average Bonchev–Trinajstić information content (AvgIpc) is 2.39. The molecule has 0 aliphatic carbocycles. The van der Waals surface area contributed by atoms with E-state index in [2.05, 4.69) is 30.7 Å². The van der Waals surface area contributed by atoms with Gasteiger partial charge in [0, 0.05) is 12.1 Å². The number of hydrogen-bond acceptors (Lipinski definition) is 2. The van der Waals surface area contributed by atoms with Gasteiger partial charge in [-0.15, -0.1) is 0 Å². The van der Waals surface area contributed by atoms with Crippen molar-refractivity contribution in [1.29, 1.82) is 0 Å². The topological polar surface area (TPSA) is 23.5 Å². The molecule has 1 aromatic carbocycles. The quantitative estimate of drug-likeness (QED) is 0.630. The van der Waals surface area contributed by atoms with E-state index < -0.39 is 0 Å². The Kier molecular flexibility index (Phi) is 7.17. The summed E-state index contributed by atoms with van der Waals surface area (Å²) in [6, 6.07) is 4.66. The summed E-state index contributed by atoms with van der Waals surface area (Å²) < 4.78 is 13.2. The number of aliphatic hydroxyl groups excluding tert-OH is 1. The van der Waals surface area contributed by atoms with Crippen LogP contribution in [0.5, 0.6) is 0 Å². The third-order valence-electron chi connectivity index (χ3n) is 2.96. The van der Waals surface area contributed by atoms with Crippen molar-refractivity contribution in [3.63, 3.8) is 0 Å². The van der Waals surface area contributed by atoms with Gasteiger partial charge in [-0.2, -0.15) is 0 Å². The zero-order valence-corrected chi connectivity index (χ0v) is 11.7. The highest BCUT2D eigenvalue weighted by atomic mass is 19.1. The van der Waals surface area contributed by atoms with Gasteiger partial charge in [0.2, 0.25) is 0 Å². The van der Waals surface area contributed by atoms with E-state index in [0.717, 1.165) is 18.7 Å². The van der Waals surface area contributed by atoms with Crippen molar-refractivity contribution in [2.45, 2.75) is 32.7 Å². The van der Waals surface area contributed by atoms with E-state index in [1.165, 1.54) is 31.4 Å². The van der Waals surface area contributed by atoms with Crippen LogP contribution in [0.4, 0.5) is 4.39 Å². The second-order valence-corrected chi connectivity index (χ2v) is 4.71. The molecule has 0 aromatic heterocycles. The Morgan fingerprint density at radius 3 is 2.79 bits per heavy atom. The summed E-state index contributed by atoms with van der Waals surface area (Å²) in [5.74, 6) is 5.10. The fraction of sp³-hybridized carbons (Fsp3) is 0.500. The van der Waals surface area contributed by atoms with Crippen LogP contribution < -0.4 is 0 Å². The molecule has 1 aromatic rings. The molecular formula is C16H22FNO. The second-order valence-electron chi connectivity index (χ2n) is 4.71. The van der Waals surface area contributed by atoms with E-state index in [1.54, 1.807) is 6.07 Å². The third kappa shape index (κ3) is 5.87. The van der Waals surface area contributed by atoms with E-state index in [1.807, 2.05) is 0 Å². The van der Waals surface area contributed by atoms with Gasteiger partial charge >= 0.3 is 0 Å². The second kappa shape index (κ2) is 8.68. The zero-order valence-electron chi connectivity index (χ0n) is 11.7. The smallest absolute Gasteiger partial charge is 0.124 e. The standard InChI is InChI=1S/C16H22FNO/c1-3-4-5-10-18(2)13-15-8-9-16(17)12-14(15)7-6-11-19/h8-9,12,19H,3-5,10-11,13H2,1-2H3. The molecule has 0 radical (unpaired) electrons. The van der Waals surface area contributed by atoms with Crippen LogP contribution in [0.1, 0.15) is 37.3 Å². The largest absolute Gasteiger partial charge is 0.384 e. The summed E-state index contributed by atoms with van der Waals surface area (Å²) in [7, 11) is 2.06. The maximum atomic E-state index is 13.2. The van der Waals surface area contributed by atoms with Crippen molar-refractivity contribution in [3.05, 3.63) is 35.1 Å². The van der Waals surface area contributed by atoms with Crippen LogP contribution in [0.2, 0.25) is 0 Å². The highest BCUT2D eigenvalue weighted by Gasteiger charge is 2.05. The first kappa shape index (κ1) is 15.7. The Balaban J connectivity index is 2.71. The summed E-state index contributed by atoms with van der Waals surface area (Å²) >= 11 is 0. The van der Waals surface area contributed by atoms with Crippen molar-refractivity contribution in [2.75, 3.05) is 20.2 Å². The third-order valence-corrected chi connectivity index (χ3v) is 2.96. The van der Waals surface area contributed by atoms with Gasteiger partial charge in [0.05, 0.1) is 0 Å². The van der Waals surface area contributed by atoms with Gasteiger partial charge in [-0.25, -0.2) is 4.39 Å². The summed E-state index contributed by atoms with van der Waals surface area (Å²) in [6.45, 7) is 3.75. The van der Waals surface area contributed by atoms with Crippen LogP contribution in [0.15, 0.2) is 18.2 Å². The van der Waals surface area contributed by atoms with Gasteiger partial charge < -0.3 is 10.0 Å². The van der Waals surface area contributed by atoms with Gasteiger partial charge in [-0.05, 0) is 37.7 Å². The Hall–Kier alpha value is -1.37. The van der Waals surface area contributed by atoms with Crippen molar-refractivity contribution >= 4 is 0 Å². The lowest BCUT2D eigenvalue weighted by molar-refractivity contribution is 0.318. The fourth-order valence-corrected chi connectivity index (χ4v) is 1.94. The molecule has 1 N–H and O–H groups in total. The maximum absolute atomic E-state index is 13.2. The molecule has 3 heteroatoms. The fourth-order valence-electron chi connectivity index (χ4n) is 1.94. The van der Waals surface area contributed by atoms with Crippen molar-refractivity contribution in [2.24, 2.45) is 0 Å². The summed E-state index contributed by atoms with van der Waals surface area (Å²) in [4.78, 5) is 2.22. The Labute approximate surface area is 115 Å². The minimum absolute atomic E-state index is 0.206. The van der Waals surface area contributed by atoms with Crippen molar-refractivity contribution in [3.8, 4) is 11.8 Å². The SMILES string of the molecule is CCCCCN(C)Cc1ccc(F)cc1C#CCO. The summed E-state index contributed by atoms with van der Waals surface area (Å²) in [6.07, 6.45) is 3.61. The van der Waals surface area contributed by atoms with Crippen LogP contribution >= 0.6 is 0 Å². The van der Waals surface area contributed by atoms with Crippen molar-refractivity contribution in [1.82, 2.24) is 4.90 Å². The van der Waals surface area contributed by atoms with E-state index >= 15 is 0 Å². The molecule has 0 bridgehead atoms. The maximum Gasteiger partial charge on any atom is 0.124 e. The minimum atomic E-state index is -0.292. The van der Waals surface area contributed by atoms with E-state index in [-0.39, 0.29) is 12.4 Å². The molecule has 19 heavy (non-hydrogen) atoms. The molecule has 0 amide bonds. The number of unbranched alkanes of at least 4 members (excludes halogenated alkanes) is 2. The van der Waals surface area contributed by atoms with E-state index in [9.17, 15) is 4.39 Å². The Morgan fingerprint density at radius 2 is 2.11 bits per heavy atom. The lowest BCUT2D eigenvalue weighted by atomic mass is 10.1. The van der Waals surface area contributed by atoms with Gasteiger partial charge in [-0.1, -0.05) is 37.7 Å². The van der Waals surface area contributed by atoms with Gasteiger partial charge in [-0.3, -0.25) is 0 Å².